The molecule has 0 radical (unpaired) electrons. The predicted molar refractivity (Wildman–Crippen MR) is 64.1 cm³/mol. The van der Waals surface area contributed by atoms with Crippen molar-refractivity contribution in [1.82, 2.24) is 0 Å². The molecule has 2 aromatic rings. The molecule has 0 fully saturated rings. The van der Waals surface area contributed by atoms with E-state index in [4.69, 9.17) is 11.6 Å². The van der Waals surface area contributed by atoms with E-state index in [0.717, 1.165) is 5.56 Å². The molecule has 0 saturated carbocycles. The molecule has 0 N–H and O–H groups in total. The predicted octanol–water partition coefficient (Wildman–Crippen LogP) is 3.61. The highest BCUT2D eigenvalue weighted by atomic mass is 35.5. The Hall–Kier alpha value is -1.67. The molecular weight excluding hydrogens is 239 g/mol. The van der Waals surface area contributed by atoms with Gasteiger partial charge < -0.3 is 0 Å². The molecule has 0 aromatic heterocycles. The number of carbonyl (C=O) groups excluding carboxylic acids is 1. The lowest BCUT2D eigenvalue weighted by atomic mass is 9.85. The number of benzene rings is 2. The fraction of sp³-hybridized carbons (Fsp3) is 0.0714. The van der Waals surface area contributed by atoms with E-state index in [1.54, 1.807) is 12.1 Å². The van der Waals surface area contributed by atoms with Crippen molar-refractivity contribution in [3.8, 4) is 0 Å². The van der Waals surface area contributed by atoms with Crippen molar-refractivity contribution >= 4 is 17.4 Å². The Morgan fingerprint density at radius 2 is 1.88 bits per heavy atom. The molecule has 17 heavy (non-hydrogen) atoms. The smallest absolute Gasteiger partial charge is 0.196 e. The molecule has 1 aliphatic rings. The van der Waals surface area contributed by atoms with Gasteiger partial charge in [0.2, 0.25) is 0 Å². The average molecular weight is 247 g/mol. The maximum Gasteiger partial charge on any atom is 0.196 e. The topological polar surface area (TPSA) is 17.1 Å². The van der Waals surface area contributed by atoms with Crippen LogP contribution in [0, 0.1) is 5.82 Å². The van der Waals surface area contributed by atoms with Crippen molar-refractivity contribution in [2.75, 3.05) is 0 Å². The minimum atomic E-state index is -0.496. The Morgan fingerprint density at radius 1 is 1.12 bits per heavy atom. The van der Waals surface area contributed by atoms with Crippen molar-refractivity contribution in [2.45, 2.75) is 6.42 Å². The van der Waals surface area contributed by atoms with E-state index in [-0.39, 0.29) is 11.3 Å². The Morgan fingerprint density at radius 3 is 2.71 bits per heavy atom. The van der Waals surface area contributed by atoms with Gasteiger partial charge in [-0.15, -0.1) is 0 Å². The van der Waals surface area contributed by atoms with Gasteiger partial charge in [0.1, 0.15) is 5.82 Å². The summed E-state index contributed by atoms with van der Waals surface area (Å²) in [7, 11) is 0. The molecule has 84 valence electrons. The molecule has 0 heterocycles. The zero-order chi connectivity index (χ0) is 12.0. The third kappa shape index (κ3) is 1.48. The SMILES string of the molecule is O=C1c2ccccc2Cc2c(Cl)ccc(F)c21. The lowest BCUT2D eigenvalue weighted by Crippen LogP contribution is -2.17. The van der Waals surface area contributed by atoms with Crippen molar-refractivity contribution in [3.05, 3.63) is 69.5 Å². The molecule has 0 aliphatic heterocycles. The van der Waals surface area contributed by atoms with Crippen LogP contribution in [0.4, 0.5) is 4.39 Å². The van der Waals surface area contributed by atoms with Gasteiger partial charge in [0.25, 0.3) is 0 Å². The van der Waals surface area contributed by atoms with Gasteiger partial charge in [-0.1, -0.05) is 35.9 Å². The fourth-order valence-corrected chi connectivity index (χ4v) is 2.46. The van der Waals surface area contributed by atoms with Gasteiger partial charge in [-0.05, 0) is 23.3 Å². The van der Waals surface area contributed by atoms with Gasteiger partial charge in [0, 0.05) is 17.0 Å². The fourth-order valence-electron chi connectivity index (χ4n) is 2.23. The molecular formula is C14H8ClFO. The first-order chi connectivity index (χ1) is 8.18. The zero-order valence-corrected chi connectivity index (χ0v) is 9.59. The molecule has 3 heteroatoms. The van der Waals surface area contributed by atoms with E-state index in [1.807, 2.05) is 12.1 Å². The second-order valence-electron chi connectivity index (χ2n) is 4.05. The lowest BCUT2D eigenvalue weighted by molar-refractivity contribution is 0.103. The molecule has 0 atom stereocenters. The molecule has 0 bridgehead atoms. The average Bonchev–Trinajstić information content (AvgIpc) is 2.34. The van der Waals surface area contributed by atoms with Crippen LogP contribution in [-0.2, 0) is 6.42 Å². The molecule has 0 spiro atoms. The van der Waals surface area contributed by atoms with Gasteiger partial charge in [0.15, 0.2) is 5.78 Å². The molecule has 1 aliphatic carbocycles. The first kappa shape index (κ1) is 10.5. The van der Waals surface area contributed by atoms with Crippen molar-refractivity contribution in [1.29, 1.82) is 0 Å². The highest BCUT2D eigenvalue weighted by Gasteiger charge is 2.27. The lowest BCUT2D eigenvalue weighted by Gasteiger charge is -2.19. The van der Waals surface area contributed by atoms with Crippen LogP contribution in [0.1, 0.15) is 27.0 Å². The third-order valence-corrected chi connectivity index (χ3v) is 3.42. The molecule has 0 amide bonds. The molecule has 0 unspecified atom stereocenters. The van der Waals surface area contributed by atoms with Crippen LogP contribution in [0.3, 0.4) is 0 Å². The maximum absolute atomic E-state index is 13.7. The number of hydrogen-bond acceptors (Lipinski definition) is 1. The van der Waals surface area contributed by atoms with Crippen molar-refractivity contribution < 1.29 is 9.18 Å². The van der Waals surface area contributed by atoms with Gasteiger partial charge in [-0.25, -0.2) is 4.39 Å². The van der Waals surface area contributed by atoms with Crippen LogP contribution in [0.2, 0.25) is 5.02 Å². The van der Waals surface area contributed by atoms with E-state index in [0.29, 0.717) is 22.6 Å². The van der Waals surface area contributed by atoms with Gasteiger partial charge in [-0.2, -0.15) is 0 Å². The largest absolute Gasteiger partial charge is 0.288 e. The van der Waals surface area contributed by atoms with Crippen molar-refractivity contribution in [2.24, 2.45) is 0 Å². The van der Waals surface area contributed by atoms with Crippen LogP contribution in [0.15, 0.2) is 36.4 Å². The number of fused-ring (bicyclic) bond motifs is 2. The Balaban J connectivity index is 2.30. The first-order valence-corrected chi connectivity index (χ1v) is 5.66. The molecule has 2 aromatic carbocycles. The summed E-state index contributed by atoms with van der Waals surface area (Å²) in [6, 6.07) is 9.98. The maximum atomic E-state index is 13.7. The van der Waals surface area contributed by atoms with E-state index < -0.39 is 5.82 Å². The number of ketones is 1. The van der Waals surface area contributed by atoms with Crippen molar-refractivity contribution in [3.63, 3.8) is 0 Å². The van der Waals surface area contributed by atoms with Crippen LogP contribution in [0.25, 0.3) is 0 Å². The van der Waals surface area contributed by atoms with E-state index in [2.05, 4.69) is 0 Å². The quantitative estimate of drug-likeness (QED) is 0.592. The molecule has 0 saturated heterocycles. The summed E-state index contributed by atoms with van der Waals surface area (Å²) in [5, 5.41) is 0.448. The van der Waals surface area contributed by atoms with Crippen LogP contribution < -0.4 is 0 Å². The highest BCUT2D eigenvalue weighted by molar-refractivity contribution is 6.32. The minimum absolute atomic E-state index is 0.121. The summed E-state index contributed by atoms with van der Waals surface area (Å²) in [4.78, 5) is 12.2. The van der Waals surface area contributed by atoms with Gasteiger partial charge >= 0.3 is 0 Å². The number of hydrogen-bond donors (Lipinski definition) is 0. The van der Waals surface area contributed by atoms with Crippen LogP contribution in [-0.4, -0.2) is 5.78 Å². The summed E-state index contributed by atoms with van der Waals surface area (Å²) < 4.78 is 13.7. The second-order valence-corrected chi connectivity index (χ2v) is 4.45. The number of carbonyl (C=O) groups is 1. The van der Waals surface area contributed by atoms with Crippen LogP contribution >= 0.6 is 11.6 Å². The zero-order valence-electron chi connectivity index (χ0n) is 8.84. The molecule has 3 rings (SSSR count). The standard InChI is InChI=1S/C14H8ClFO/c15-11-5-6-12(16)13-10(11)7-8-3-1-2-4-9(8)14(13)17/h1-6H,7H2. The Kier molecular flexibility index (Phi) is 2.26. The van der Waals surface area contributed by atoms with Gasteiger partial charge in [-0.3, -0.25) is 4.79 Å². The summed E-state index contributed by atoms with van der Waals surface area (Å²) in [5.74, 6) is -0.772. The Labute approximate surface area is 103 Å². The van der Waals surface area contributed by atoms with E-state index >= 15 is 0 Å². The van der Waals surface area contributed by atoms with E-state index in [1.165, 1.54) is 12.1 Å². The number of rotatable bonds is 0. The first-order valence-electron chi connectivity index (χ1n) is 5.28. The second kappa shape index (κ2) is 3.67. The van der Waals surface area contributed by atoms with Crippen LogP contribution in [0.5, 0.6) is 0 Å². The minimum Gasteiger partial charge on any atom is -0.288 e. The summed E-state index contributed by atoms with van der Waals surface area (Å²) in [5.41, 5.74) is 2.19. The highest BCUT2D eigenvalue weighted by Crippen LogP contribution is 2.33. The molecule has 1 nitrogen and oxygen atoms in total. The van der Waals surface area contributed by atoms with E-state index in [9.17, 15) is 9.18 Å². The number of halogens is 2. The summed E-state index contributed by atoms with van der Waals surface area (Å²) in [6.07, 6.45) is 0.508. The summed E-state index contributed by atoms with van der Waals surface area (Å²) in [6.45, 7) is 0. The van der Waals surface area contributed by atoms with Gasteiger partial charge in [0.05, 0.1) is 5.56 Å². The summed E-state index contributed by atoms with van der Waals surface area (Å²) >= 11 is 6.03. The monoisotopic (exact) mass is 246 g/mol. The third-order valence-electron chi connectivity index (χ3n) is 3.06. The Bertz CT molecular complexity index is 634. The normalized spacial score (nSPS) is 13.2.